The van der Waals surface area contributed by atoms with Crippen LogP contribution in [0.15, 0.2) is 18.2 Å². The van der Waals surface area contributed by atoms with Crippen molar-refractivity contribution in [2.24, 2.45) is 0 Å². The van der Waals surface area contributed by atoms with E-state index in [9.17, 15) is 4.39 Å². The van der Waals surface area contributed by atoms with Crippen LogP contribution >= 0.6 is 11.6 Å². The molecule has 1 nitrogen and oxygen atoms in total. The van der Waals surface area contributed by atoms with Crippen molar-refractivity contribution in [3.63, 3.8) is 0 Å². The molecule has 0 aliphatic carbocycles. The maximum Gasteiger partial charge on any atom is 0.128 e. The third kappa shape index (κ3) is 2.47. The Labute approximate surface area is 76.5 Å². The van der Waals surface area contributed by atoms with E-state index in [0.717, 1.165) is 6.54 Å². The fourth-order valence-electron chi connectivity index (χ4n) is 0.982. The SMILES string of the molecule is [CH2-][NH2+]CCc1ccc(Cl)cc1F. The highest BCUT2D eigenvalue weighted by Gasteiger charge is 2.01. The second kappa shape index (κ2) is 4.43. The van der Waals surface area contributed by atoms with Crippen LogP contribution in [0.2, 0.25) is 5.02 Å². The first-order valence-corrected chi connectivity index (χ1v) is 4.16. The molecule has 1 aromatic carbocycles. The van der Waals surface area contributed by atoms with Crippen LogP contribution in [0.3, 0.4) is 0 Å². The Kier molecular flexibility index (Phi) is 3.50. The molecule has 1 rings (SSSR count). The van der Waals surface area contributed by atoms with Gasteiger partial charge in [0.15, 0.2) is 0 Å². The topological polar surface area (TPSA) is 16.6 Å². The lowest BCUT2D eigenvalue weighted by molar-refractivity contribution is -0.594. The quantitative estimate of drug-likeness (QED) is 0.689. The average Bonchev–Trinajstić information content (AvgIpc) is 2.03. The molecule has 0 heterocycles. The van der Waals surface area contributed by atoms with E-state index in [-0.39, 0.29) is 5.82 Å². The lowest BCUT2D eigenvalue weighted by Crippen LogP contribution is -2.77. The fraction of sp³-hybridized carbons (Fsp3) is 0.222. The third-order valence-electron chi connectivity index (χ3n) is 1.63. The molecule has 12 heavy (non-hydrogen) atoms. The molecule has 0 bridgehead atoms. The summed E-state index contributed by atoms with van der Waals surface area (Å²) in [6.45, 7) is 0.790. The highest BCUT2D eigenvalue weighted by Crippen LogP contribution is 2.14. The zero-order chi connectivity index (χ0) is 8.97. The van der Waals surface area contributed by atoms with E-state index in [0.29, 0.717) is 17.0 Å². The lowest BCUT2D eigenvalue weighted by atomic mass is 10.1. The molecule has 0 aliphatic rings. The summed E-state index contributed by atoms with van der Waals surface area (Å²) in [5, 5.41) is 2.21. The van der Waals surface area contributed by atoms with E-state index in [4.69, 9.17) is 11.6 Å². The van der Waals surface area contributed by atoms with Crippen LogP contribution in [0.5, 0.6) is 0 Å². The maximum absolute atomic E-state index is 13.1. The Hall–Kier alpha value is -0.600. The highest BCUT2D eigenvalue weighted by atomic mass is 35.5. The minimum atomic E-state index is -0.232. The second-order valence-corrected chi connectivity index (χ2v) is 3.00. The van der Waals surface area contributed by atoms with Crippen molar-refractivity contribution in [2.45, 2.75) is 6.42 Å². The van der Waals surface area contributed by atoms with Gasteiger partial charge in [0.25, 0.3) is 0 Å². The van der Waals surface area contributed by atoms with Crippen molar-refractivity contribution in [3.8, 4) is 0 Å². The van der Waals surface area contributed by atoms with E-state index in [2.05, 4.69) is 7.05 Å². The Bertz CT molecular complexity index is 263. The third-order valence-corrected chi connectivity index (χ3v) is 1.87. The van der Waals surface area contributed by atoms with Crippen molar-refractivity contribution in [1.29, 1.82) is 0 Å². The predicted octanol–water partition coefficient (Wildman–Crippen LogP) is 1.38. The van der Waals surface area contributed by atoms with Gasteiger partial charge < -0.3 is 5.32 Å². The molecule has 0 radical (unpaired) electrons. The summed E-state index contributed by atoms with van der Waals surface area (Å²) in [6.07, 6.45) is 0.687. The highest BCUT2D eigenvalue weighted by molar-refractivity contribution is 6.30. The molecule has 66 valence electrons. The van der Waals surface area contributed by atoms with Crippen molar-refractivity contribution in [3.05, 3.63) is 41.7 Å². The van der Waals surface area contributed by atoms with Gasteiger partial charge in [-0.3, -0.25) is 0 Å². The van der Waals surface area contributed by atoms with E-state index in [1.54, 1.807) is 17.4 Å². The number of hydrogen-bond acceptors (Lipinski definition) is 0. The maximum atomic E-state index is 13.1. The molecule has 0 saturated carbocycles. The molecular formula is C9H11ClFN. The molecule has 1 aromatic rings. The number of hydrogen-bond donors (Lipinski definition) is 1. The van der Waals surface area contributed by atoms with Gasteiger partial charge >= 0.3 is 0 Å². The average molecular weight is 188 g/mol. The number of nitrogens with two attached hydrogens (primary N) is 1. The number of quaternary nitrogens is 1. The molecule has 0 aromatic heterocycles. The molecule has 0 atom stereocenters. The molecule has 0 fully saturated rings. The standard InChI is InChI=1S/C9H11ClFN/c1-12-5-4-7-2-3-8(10)6-9(7)11/h2-3,6H,1,4-5,12H2. The van der Waals surface area contributed by atoms with Crippen LogP contribution in [-0.2, 0) is 6.42 Å². The Morgan fingerprint density at radius 3 is 2.83 bits per heavy atom. The zero-order valence-electron chi connectivity index (χ0n) is 6.69. The van der Waals surface area contributed by atoms with Gasteiger partial charge in [-0.05, 0) is 17.7 Å². The van der Waals surface area contributed by atoms with Gasteiger partial charge in [-0.1, -0.05) is 17.7 Å². The first-order valence-electron chi connectivity index (χ1n) is 3.79. The number of halogens is 2. The minimum Gasteiger partial charge on any atom is -0.479 e. The number of rotatable bonds is 3. The van der Waals surface area contributed by atoms with Crippen LogP contribution in [0.25, 0.3) is 0 Å². The Morgan fingerprint density at radius 2 is 2.25 bits per heavy atom. The monoisotopic (exact) mass is 187 g/mol. The van der Waals surface area contributed by atoms with Gasteiger partial charge in [0.1, 0.15) is 5.82 Å². The first-order chi connectivity index (χ1) is 5.74. The normalized spacial score (nSPS) is 10.2. The molecule has 3 heteroatoms. The summed E-state index contributed by atoms with van der Waals surface area (Å²) in [6, 6.07) is 4.74. The Morgan fingerprint density at radius 1 is 1.50 bits per heavy atom. The van der Waals surface area contributed by atoms with Gasteiger partial charge in [0.2, 0.25) is 0 Å². The van der Waals surface area contributed by atoms with Crippen LogP contribution in [0.1, 0.15) is 5.56 Å². The molecule has 0 spiro atoms. The van der Waals surface area contributed by atoms with Gasteiger partial charge in [-0.2, -0.15) is 7.05 Å². The van der Waals surface area contributed by atoms with Crippen LogP contribution in [-0.4, -0.2) is 6.54 Å². The summed E-state index contributed by atoms with van der Waals surface area (Å²) in [5.41, 5.74) is 0.694. The fourth-order valence-corrected chi connectivity index (χ4v) is 1.14. The largest absolute Gasteiger partial charge is 0.479 e. The summed E-state index contributed by atoms with van der Waals surface area (Å²) in [4.78, 5) is 0. The first kappa shape index (κ1) is 9.49. The van der Waals surface area contributed by atoms with Crippen LogP contribution < -0.4 is 5.32 Å². The van der Waals surface area contributed by atoms with Gasteiger partial charge in [-0.25, -0.2) is 4.39 Å². The molecule has 2 N–H and O–H groups in total. The van der Waals surface area contributed by atoms with Gasteiger partial charge in [-0.15, -0.1) is 0 Å². The number of benzene rings is 1. The summed E-state index contributed by atoms with van der Waals surface area (Å²) in [5.74, 6) is -0.232. The molecular weight excluding hydrogens is 177 g/mol. The van der Waals surface area contributed by atoms with Crippen molar-refractivity contribution in [2.75, 3.05) is 6.54 Å². The van der Waals surface area contributed by atoms with Gasteiger partial charge in [0, 0.05) is 11.4 Å². The molecule has 0 aliphatic heterocycles. The van der Waals surface area contributed by atoms with E-state index >= 15 is 0 Å². The van der Waals surface area contributed by atoms with Crippen molar-refractivity contribution in [1.82, 2.24) is 0 Å². The zero-order valence-corrected chi connectivity index (χ0v) is 7.44. The Balaban J connectivity index is 2.72. The second-order valence-electron chi connectivity index (χ2n) is 2.56. The lowest BCUT2D eigenvalue weighted by Gasteiger charge is -2.02. The minimum absolute atomic E-state index is 0.232. The predicted molar refractivity (Wildman–Crippen MR) is 47.3 cm³/mol. The van der Waals surface area contributed by atoms with Crippen LogP contribution in [0.4, 0.5) is 4.39 Å². The summed E-state index contributed by atoms with van der Waals surface area (Å²) in [7, 11) is 3.57. The van der Waals surface area contributed by atoms with Crippen molar-refractivity contribution >= 4 is 11.6 Å². The van der Waals surface area contributed by atoms with E-state index in [1.807, 2.05) is 0 Å². The molecule has 0 amide bonds. The van der Waals surface area contributed by atoms with Crippen molar-refractivity contribution < 1.29 is 9.71 Å². The molecule has 0 saturated heterocycles. The van der Waals surface area contributed by atoms with E-state index < -0.39 is 0 Å². The van der Waals surface area contributed by atoms with Crippen LogP contribution in [0, 0.1) is 12.9 Å². The summed E-state index contributed by atoms with van der Waals surface area (Å²) < 4.78 is 13.1. The molecule has 0 unspecified atom stereocenters. The van der Waals surface area contributed by atoms with Gasteiger partial charge in [0.05, 0.1) is 6.54 Å². The smallest absolute Gasteiger partial charge is 0.128 e. The summed E-state index contributed by atoms with van der Waals surface area (Å²) >= 11 is 5.59. The van der Waals surface area contributed by atoms with E-state index in [1.165, 1.54) is 6.07 Å².